The Bertz CT molecular complexity index is 1170. The van der Waals surface area contributed by atoms with Gasteiger partial charge in [0.25, 0.3) is 0 Å². The van der Waals surface area contributed by atoms with Crippen molar-refractivity contribution in [1.82, 2.24) is 15.0 Å². The Balaban J connectivity index is 1.63. The maximum Gasteiger partial charge on any atom is 0.181 e. The van der Waals surface area contributed by atoms with E-state index in [1.807, 2.05) is 0 Å². The van der Waals surface area contributed by atoms with Gasteiger partial charge in [0.05, 0.1) is 23.5 Å². The molecule has 1 aliphatic heterocycles. The van der Waals surface area contributed by atoms with Crippen LogP contribution in [0.1, 0.15) is 6.04 Å². The maximum absolute atomic E-state index is 13.5. The summed E-state index contributed by atoms with van der Waals surface area (Å²) in [6.45, 7) is -0.599. The number of aliphatic hydroxyl groups is 3. The Morgan fingerprint density at radius 1 is 1.03 bits per heavy atom. The van der Waals surface area contributed by atoms with Gasteiger partial charge in [-0.05, 0) is 24.3 Å². The van der Waals surface area contributed by atoms with Crippen molar-refractivity contribution in [3.8, 4) is 11.3 Å². The highest BCUT2D eigenvalue weighted by Gasteiger charge is 2.47. The van der Waals surface area contributed by atoms with E-state index in [0.717, 1.165) is 0 Å². The number of benzene rings is 2. The van der Waals surface area contributed by atoms with Gasteiger partial charge in [-0.15, -0.1) is 5.10 Å². The number of hydrogen-bond acceptors (Lipinski definition) is 8. The molecule has 4 rings (SSSR count). The van der Waals surface area contributed by atoms with Gasteiger partial charge in [0, 0.05) is 5.56 Å². The van der Waals surface area contributed by atoms with E-state index in [1.165, 1.54) is 41.2 Å². The van der Waals surface area contributed by atoms with Gasteiger partial charge >= 0.3 is 0 Å². The number of hydrogen-bond donors (Lipinski definition) is 3. The van der Waals surface area contributed by atoms with Gasteiger partial charge in [-0.1, -0.05) is 35.5 Å². The Kier molecular flexibility index (Phi) is 6.35. The number of rotatable bonds is 6. The molecule has 0 spiro atoms. The van der Waals surface area contributed by atoms with E-state index >= 15 is 0 Å². The molecule has 0 saturated carbocycles. The van der Waals surface area contributed by atoms with Crippen LogP contribution < -0.4 is 0 Å². The molecule has 2 unspecified atom stereocenters. The molecule has 170 valence electrons. The monoisotopic (exact) mass is 463 g/mol. The number of sulfone groups is 1. The molecule has 9 nitrogen and oxygen atoms in total. The molecule has 5 atom stereocenters. The Hall–Kier alpha value is -2.70. The molecule has 32 heavy (non-hydrogen) atoms. The fraction of sp³-hybridized carbons (Fsp3) is 0.333. The van der Waals surface area contributed by atoms with Crippen LogP contribution in [0.15, 0.2) is 65.7 Å². The van der Waals surface area contributed by atoms with Gasteiger partial charge in [-0.3, -0.25) is 0 Å². The van der Waals surface area contributed by atoms with Crippen molar-refractivity contribution in [3.05, 3.63) is 66.6 Å². The zero-order chi connectivity index (χ0) is 22.9. The van der Waals surface area contributed by atoms with Crippen molar-refractivity contribution < 1.29 is 32.9 Å². The highest BCUT2D eigenvalue weighted by atomic mass is 32.2. The molecular formula is C21H22FN3O6S. The fourth-order valence-electron chi connectivity index (χ4n) is 3.77. The number of ether oxygens (including phenoxy) is 1. The third-order valence-corrected chi connectivity index (χ3v) is 7.17. The molecule has 2 aromatic carbocycles. The highest BCUT2D eigenvalue weighted by molar-refractivity contribution is 7.91. The summed E-state index contributed by atoms with van der Waals surface area (Å²) < 4.78 is 45.9. The van der Waals surface area contributed by atoms with Crippen LogP contribution in [-0.4, -0.2) is 75.5 Å². The second kappa shape index (κ2) is 9.04. The Morgan fingerprint density at radius 2 is 1.75 bits per heavy atom. The lowest BCUT2D eigenvalue weighted by Gasteiger charge is -2.42. The second-order valence-corrected chi connectivity index (χ2v) is 9.59. The average molecular weight is 463 g/mol. The molecular weight excluding hydrogens is 441 g/mol. The maximum atomic E-state index is 13.5. The first kappa shape index (κ1) is 22.5. The lowest BCUT2D eigenvalue weighted by molar-refractivity contribution is -0.198. The molecule has 0 radical (unpaired) electrons. The van der Waals surface area contributed by atoms with E-state index in [2.05, 4.69) is 10.3 Å². The summed E-state index contributed by atoms with van der Waals surface area (Å²) in [4.78, 5) is 0.0631. The van der Waals surface area contributed by atoms with Crippen molar-refractivity contribution >= 4 is 9.84 Å². The predicted octanol–water partition coefficient (Wildman–Crippen LogP) is 0.581. The third kappa shape index (κ3) is 4.43. The molecule has 11 heteroatoms. The van der Waals surface area contributed by atoms with Crippen LogP contribution >= 0.6 is 0 Å². The summed E-state index contributed by atoms with van der Waals surface area (Å²) in [6, 6.07) is 12.2. The number of aromatic nitrogens is 3. The summed E-state index contributed by atoms with van der Waals surface area (Å²) in [5.41, 5.74) is 0.735. The predicted molar refractivity (Wildman–Crippen MR) is 111 cm³/mol. The molecule has 0 bridgehead atoms. The van der Waals surface area contributed by atoms with Crippen molar-refractivity contribution in [1.29, 1.82) is 0 Å². The van der Waals surface area contributed by atoms with E-state index in [-0.39, 0.29) is 4.90 Å². The Labute approximate surface area is 183 Å². The minimum Gasteiger partial charge on any atom is -0.394 e. The topological polar surface area (TPSA) is 135 Å². The van der Waals surface area contributed by atoms with E-state index in [4.69, 9.17) is 4.74 Å². The average Bonchev–Trinajstić information content (AvgIpc) is 3.26. The van der Waals surface area contributed by atoms with Gasteiger partial charge in [-0.25, -0.2) is 17.5 Å². The van der Waals surface area contributed by atoms with Crippen molar-refractivity contribution in [3.63, 3.8) is 0 Å². The normalized spacial score (nSPS) is 26.2. The highest BCUT2D eigenvalue weighted by Crippen LogP contribution is 2.32. The zero-order valence-electron chi connectivity index (χ0n) is 16.8. The van der Waals surface area contributed by atoms with Crippen molar-refractivity contribution in [2.75, 3.05) is 12.4 Å². The van der Waals surface area contributed by atoms with E-state index in [0.29, 0.717) is 11.3 Å². The lowest BCUT2D eigenvalue weighted by Crippen LogP contribution is -2.57. The molecule has 3 aromatic rings. The number of nitrogens with zero attached hydrogens (tertiary/aromatic N) is 3. The molecule has 1 aliphatic rings. The van der Waals surface area contributed by atoms with Crippen molar-refractivity contribution in [2.45, 2.75) is 35.4 Å². The Morgan fingerprint density at radius 3 is 2.44 bits per heavy atom. The summed E-state index contributed by atoms with van der Waals surface area (Å²) in [7, 11) is -3.83. The largest absolute Gasteiger partial charge is 0.394 e. The quantitative estimate of drug-likeness (QED) is 0.483. The number of halogens is 1. The van der Waals surface area contributed by atoms with Crippen LogP contribution in [0, 0.1) is 5.82 Å². The first-order valence-electron chi connectivity index (χ1n) is 9.88. The SMILES string of the molecule is O=S(=O)(C[C@@H]1OC(CO)[C@H](O)[C@H](n2cc(-c3cccc(F)c3)nn2)C1O)c1ccccc1. The smallest absolute Gasteiger partial charge is 0.181 e. The van der Waals surface area contributed by atoms with Gasteiger partial charge in [0.2, 0.25) is 0 Å². The van der Waals surface area contributed by atoms with Gasteiger partial charge in [0.1, 0.15) is 42.0 Å². The second-order valence-electron chi connectivity index (χ2n) is 7.56. The van der Waals surface area contributed by atoms with Gasteiger partial charge in [-0.2, -0.15) is 0 Å². The number of aliphatic hydroxyl groups excluding tert-OH is 3. The van der Waals surface area contributed by atoms with Crippen LogP contribution in [0.2, 0.25) is 0 Å². The fourth-order valence-corrected chi connectivity index (χ4v) is 5.24. The van der Waals surface area contributed by atoms with E-state index in [1.54, 1.807) is 24.3 Å². The summed E-state index contributed by atoms with van der Waals surface area (Å²) in [5.74, 6) is -1.03. The first-order chi connectivity index (χ1) is 15.3. The standard InChI is InChI=1S/C21H22FN3O6S/c22-14-6-4-5-13(9-14)16-10-25(24-23-16)19-20(27)17(11-26)31-18(21(19)28)12-32(29,30)15-7-2-1-3-8-15/h1-10,17-21,26-28H,11-12H2/t17?,18-,19-,20-,21?/m0/s1. The molecule has 0 amide bonds. The van der Waals surface area contributed by atoms with Crippen LogP contribution in [0.4, 0.5) is 4.39 Å². The van der Waals surface area contributed by atoms with Crippen molar-refractivity contribution in [2.24, 2.45) is 0 Å². The molecule has 0 aliphatic carbocycles. The van der Waals surface area contributed by atoms with Crippen LogP contribution in [0.3, 0.4) is 0 Å². The third-order valence-electron chi connectivity index (χ3n) is 5.41. The minimum absolute atomic E-state index is 0.0631. The molecule has 3 N–H and O–H groups in total. The zero-order valence-corrected chi connectivity index (χ0v) is 17.6. The summed E-state index contributed by atoms with van der Waals surface area (Å²) in [6.07, 6.45) is -3.86. The molecule has 2 heterocycles. The van der Waals surface area contributed by atoms with Gasteiger partial charge in [0.15, 0.2) is 9.84 Å². The summed E-state index contributed by atoms with van der Waals surface area (Å²) >= 11 is 0. The molecule has 1 fully saturated rings. The van der Waals surface area contributed by atoms with Crippen LogP contribution in [0.5, 0.6) is 0 Å². The van der Waals surface area contributed by atoms with Gasteiger partial charge < -0.3 is 20.1 Å². The molecule has 1 saturated heterocycles. The molecule has 1 aromatic heterocycles. The van der Waals surface area contributed by atoms with Crippen LogP contribution in [0.25, 0.3) is 11.3 Å². The lowest BCUT2D eigenvalue weighted by atomic mass is 9.93. The van der Waals surface area contributed by atoms with E-state index in [9.17, 15) is 28.1 Å². The minimum atomic E-state index is -3.83. The summed E-state index contributed by atoms with van der Waals surface area (Å²) in [5, 5.41) is 39.2. The first-order valence-corrected chi connectivity index (χ1v) is 11.5. The van der Waals surface area contributed by atoms with Crippen LogP contribution in [-0.2, 0) is 14.6 Å². The van der Waals surface area contributed by atoms with E-state index < -0.39 is 58.5 Å².